The summed E-state index contributed by atoms with van der Waals surface area (Å²) in [7, 11) is 1.64. The number of carbonyl (C=O) groups is 2. The largest absolute Gasteiger partial charge is 0.497 e. The predicted octanol–water partition coefficient (Wildman–Crippen LogP) is 2.79. The number of methoxy groups -OCH3 is 1. The van der Waals surface area contributed by atoms with Gasteiger partial charge in [0.2, 0.25) is 5.91 Å². The SMILES string of the molecule is COc1ccc(CCCNC(=O)C(NC(=O)c2ccco2)C(C)C)cc1. The summed E-state index contributed by atoms with van der Waals surface area (Å²) in [5, 5.41) is 5.63. The van der Waals surface area contributed by atoms with Gasteiger partial charge < -0.3 is 19.8 Å². The maximum atomic E-state index is 12.4. The van der Waals surface area contributed by atoms with Crippen molar-refractivity contribution in [2.24, 2.45) is 5.92 Å². The molecule has 2 amide bonds. The molecular weight excluding hydrogens is 332 g/mol. The van der Waals surface area contributed by atoms with Crippen molar-refractivity contribution in [3.63, 3.8) is 0 Å². The maximum Gasteiger partial charge on any atom is 0.287 e. The minimum atomic E-state index is -0.603. The molecule has 6 nitrogen and oxygen atoms in total. The molecular formula is C20H26N2O4. The molecule has 2 aromatic rings. The van der Waals surface area contributed by atoms with Crippen LogP contribution in [0.5, 0.6) is 5.75 Å². The smallest absolute Gasteiger partial charge is 0.287 e. The molecule has 1 aromatic carbocycles. The van der Waals surface area contributed by atoms with Gasteiger partial charge in [-0.15, -0.1) is 0 Å². The standard InChI is InChI=1S/C20H26N2O4/c1-14(2)18(22-19(23)17-7-5-13-26-17)20(24)21-12-4-6-15-8-10-16(25-3)11-9-15/h5,7-11,13-14,18H,4,6,12H2,1-3H3,(H,21,24)(H,22,23). The van der Waals surface area contributed by atoms with Crippen LogP contribution in [0.4, 0.5) is 0 Å². The number of hydrogen-bond acceptors (Lipinski definition) is 4. The molecule has 0 bridgehead atoms. The molecule has 1 unspecified atom stereocenters. The lowest BCUT2D eigenvalue weighted by atomic mass is 10.0. The molecule has 0 fully saturated rings. The van der Waals surface area contributed by atoms with Crippen LogP contribution in [0, 0.1) is 5.92 Å². The zero-order valence-electron chi connectivity index (χ0n) is 15.5. The van der Waals surface area contributed by atoms with Gasteiger partial charge in [-0.25, -0.2) is 0 Å². The van der Waals surface area contributed by atoms with Crippen molar-refractivity contribution in [2.75, 3.05) is 13.7 Å². The molecule has 0 aliphatic rings. The molecule has 0 saturated carbocycles. The van der Waals surface area contributed by atoms with E-state index in [9.17, 15) is 9.59 Å². The molecule has 0 aliphatic carbocycles. The van der Waals surface area contributed by atoms with Crippen LogP contribution in [-0.2, 0) is 11.2 Å². The van der Waals surface area contributed by atoms with Gasteiger partial charge in [0.25, 0.3) is 5.91 Å². The van der Waals surface area contributed by atoms with E-state index in [-0.39, 0.29) is 23.5 Å². The second kappa shape index (κ2) is 9.65. The summed E-state index contributed by atoms with van der Waals surface area (Å²) in [6.45, 7) is 4.33. The van der Waals surface area contributed by atoms with Crippen molar-refractivity contribution >= 4 is 11.8 Å². The highest BCUT2D eigenvalue weighted by Gasteiger charge is 2.25. The molecule has 140 valence electrons. The number of hydrogen-bond donors (Lipinski definition) is 2. The molecule has 1 atom stereocenters. The number of ether oxygens (including phenoxy) is 1. The second-order valence-corrected chi connectivity index (χ2v) is 6.42. The molecule has 0 saturated heterocycles. The Morgan fingerprint density at radius 3 is 2.46 bits per heavy atom. The van der Waals surface area contributed by atoms with E-state index in [1.165, 1.54) is 11.8 Å². The van der Waals surface area contributed by atoms with Crippen molar-refractivity contribution in [1.29, 1.82) is 0 Å². The van der Waals surface area contributed by atoms with Crippen molar-refractivity contribution in [3.8, 4) is 5.75 Å². The first-order chi connectivity index (χ1) is 12.5. The lowest BCUT2D eigenvalue weighted by Gasteiger charge is -2.21. The average molecular weight is 358 g/mol. The Balaban J connectivity index is 1.78. The minimum Gasteiger partial charge on any atom is -0.497 e. The molecule has 1 heterocycles. The first kappa shape index (κ1) is 19.6. The van der Waals surface area contributed by atoms with Gasteiger partial charge in [-0.05, 0) is 48.6 Å². The molecule has 2 N–H and O–H groups in total. The highest BCUT2D eigenvalue weighted by molar-refractivity contribution is 5.95. The molecule has 6 heteroatoms. The van der Waals surface area contributed by atoms with E-state index >= 15 is 0 Å². The van der Waals surface area contributed by atoms with Gasteiger partial charge in [-0.2, -0.15) is 0 Å². The van der Waals surface area contributed by atoms with Crippen LogP contribution in [0.3, 0.4) is 0 Å². The fourth-order valence-electron chi connectivity index (χ4n) is 2.56. The number of amides is 2. The Morgan fingerprint density at radius 2 is 1.88 bits per heavy atom. The van der Waals surface area contributed by atoms with Crippen molar-refractivity contribution in [2.45, 2.75) is 32.7 Å². The molecule has 0 spiro atoms. The second-order valence-electron chi connectivity index (χ2n) is 6.42. The first-order valence-electron chi connectivity index (χ1n) is 8.76. The molecule has 2 rings (SSSR count). The summed E-state index contributed by atoms with van der Waals surface area (Å²) in [5.41, 5.74) is 1.19. The van der Waals surface area contributed by atoms with Crippen LogP contribution in [0.25, 0.3) is 0 Å². The Labute approximate surface area is 153 Å². The fraction of sp³-hybridized carbons (Fsp3) is 0.400. The molecule has 0 radical (unpaired) electrons. The van der Waals surface area contributed by atoms with Gasteiger partial charge in [0.1, 0.15) is 11.8 Å². The zero-order valence-corrected chi connectivity index (χ0v) is 15.5. The van der Waals surface area contributed by atoms with Crippen molar-refractivity contribution < 1.29 is 18.7 Å². The Bertz CT molecular complexity index is 693. The van der Waals surface area contributed by atoms with Crippen LogP contribution < -0.4 is 15.4 Å². The number of carbonyl (C=O) groups excluding carboxylic acids is 2. The number of nitrogens with one attached hydrogen (secondary N) is 2. The summed E-state index contributed by atoms with van der Waals surface area (Å²) in [5.74, 6) is 0.421. The normalized spacial score (nSPS) is 11.8. The molecule has 1 aromatic heterocycles. The summed E-state index contributed by atoms with van der Waals surface area (Å²) in [4.78, 5) is 24.5. The number of aryl methyl sites for hydroxylation is 1. The third-order valence-corrected chi connectivity index (χ3v) is 4.08. The quantitative estimate of drug-likeness (QED) is 0.676. The highest BCUT2D eigenvalue weighted by atomic mass is 16.5. The summed E-state index contributed by atoms with van der Waals surface area (Å²) >= 11 is 0. The fourth-order valence-corrected chi connectivity index (χ4v) is 2.56. The zero-order chi connectivity index (χ0) is 18.9. The third-order valence-electron chi connectivity index (χ3n) is 4.08. The topological polar surface area (TPSA) is 80.6 Å². The lowest BCUT2D eigenvalue weighted by molar-refractivity contribution is -0.123. The lowest BCUT2D eigenvalue weighted by Crippen LogP contribution is -2.49. The molecule has 26 heavy (non-hydrogen) atoms. The van der Waals surface area contributed by atoms with Crippen LogP contribution in [0.1, 0.15) is 36.4 Å². The van der Waals surface area contributed by atoms with E-state index < -0.39 is 6.04 Å². The number of benzene rings is 1. The van der Waals surface area contributed by atoms with Crippen LogP contribution in [0.15, 0.2) is 47.1 Å². The Morgan fingerprint density at radius 1 is 1.15 bits per heavy atom. The van der Waals surface area contributed by atoms with Crippen molar-refractivity contribution in [3.05, 3.63) is 54.0 Å². The monoisotopic (exact) mass is 358 g/mol. The van der Waals surface area contributed by atoms with E-state index in [2.05, 4.69) is 10.6 Å². The van der Waals surface area contributed by atoms with Gasteiger partial charge in [-0.3, -0.25) is 9.59 Å². The van der Waals surface area contributed by atoms with E-state index in [4.69, 9.17) is 9.15 Å². The van der Waals surface area contributed by atoms with Gasteiger partial charge in [0.15, 0.2) is 5.76 Å². The van der Waals surface area contributed by atoms with Gasteiger partial charge in [0.05, 0.1) is 13.4 Å². The number of furan rings is 1. The highest BCUT2D eigenvalue weighted by Crippen LogP contribution is 2.12. The van der Waals surface area contributed by atoms with Crippen LogP contribution >= 0.6 is 0 Å². The third kappa shape index (κ3) is 5.65. The van der Waals surface area contributed by atoms with Crippen LogP contribution in [-0.4, -0.2) is 31.5 Å². The summed E-state index contributed by atoms with van der Waals surface area (Å²) in [6, 6.07) is 10.5. The van der Waals surface area contributed by atoms with Gasteiger partial charge in [-0.1, -0.05) is 26.0 Å². The average Bonchev–Trinajstić information content (AvgIpc) is 3.18. The van der Waals surface area contributed by atoms with E-state index in [0.29, 0.717) is 6.54 Å². The van der Waals surface area contributed by atoms with E-state index in [0.717, 1.165) is 18.6 Å². The van der Waals surface area contributed by atoms with E-state index in [1.807, 2.05) is 38.1 Å². The summed E-state index contributed by atoms with van der Waals surface area (Å²) < 4.78 is 10.2. The Kier molecular flexibility index (Phi) is 7.26. The van der Waals surface area contributed by atoms with E-state index in [1.54, 1.807) is 19.2 Å². The molecule has 0 aliphatic heterocycles. The first-order valence-corrected chi connectivity index (χ1v) is 8.76. The Hall–Kier alpha value is -2.76. The van der Waals surface area contributed by atoms with Gasteiger partial charge >= 0.3 is 0 Å². The van der Waals surface area contributed by atoms with Crippen molar-refractivity contribution in [1.82, 2.24) is 10.6 Å². The van der Waals surface area contributed by atoms with Crippen LogP contribution in [0.2, 0.25) is 0 Å². The predicted molar refractivity (Wildman–Crippen MR) is 99.1 cm³/mol. The maximum absolute atomic E-state index is 12.4. The number of rotatable bonds is 9. The van der Waals surface area contributed by atoms with Gasteiger partial charge in [0, 0.05) is 6.54 Å². The minimum absolute atomic E-state index is 0.0319. The summed E-state index contributed by atoms with van der Waals surface area (Å²) in [6.07, 6.45) is 3.10.